The number of aliphatic imine (C=N–C) groups is 1. The number of halogens is 1. The van der Waals surface area contributed by atoms with Crippen molar-refractivity contribution in [2.75, 3.05) is 39.8 Å². The lowest BCUT2D eigenvalue weighted by Crippen LogP contribution is -2.45. The van der Waals surface area contributed by atoms with Gasteiger partial charge in [0.1, 0.15) is 0 Å². The molecule has 0 aliphatic carbocycles. The fourth-order valence-electron chi connectivity index (χ4n) is 2.51. The average Bonchev–Trinajstić information content (AvgIpc) is 2.61. The lowest BCUT2D eigenvalue weighted by Gasteiger charge is -2.25. The van der Waals surface area contributed by atoms with Gasteiger partial charge in [0.05, 0.1) is 19.7 Å². The Hall–Kier alpha value is -2.31. The molecule has 0 saturated heterocycles. The molecule has 1 aromatic carbocycles. The second-order valence-corrected chi connectivity index (χ2v) is 5.79. The summed E-state index contributed by atoms with van der Waals surface area (Å²) < 4.78 is 19.2. The molecule has 0 aliphatic rings. The van der Waals surface area contributed by atoms with E-state index in [2.05, 4.69) is 10.3 Å². The van der Waals surface area contributed by atoms with Crippen LogP contribution >= 0.6 is 0 Å². The highest BCUT2D eigenvalue weighted by atomic mass is 19.1. The molecule has 0 heterocycles. The first-order valence-corrected chi connectivity index (χ1v) is 9.15. The number of hydrogen-bond donors (Lipinski definition) is 1. The molecule has 26 heavy (non-hydrogen) atoms. The Morgan fingerprint density at radius 1 is 1.23 bits per heavy atom. The maximum Gasteiger partial charge on any atom is 0.242 e. The predicted molar refractivity (Wildman–Crippen MR) is 103 cm³/mol. The van der Waals surface area contributed by atoms with Crippen molar-refractivity contribution < 1.29 is 13.9 Å². The zero-order chi connectivity index (χ0) is 19.5. The number of nitrogens with zero attached hydrogens (tertiary/aromatic N) is 3. The van der Waals surface area contributed by atoms with Crippen LogP contribution in [0, 0.1) is 5.82 Å². The van der Waals surface area contributed by atoms with Gasteiger partial charge in [-0.15, -0.1) is 0 Å². The SMILES string of the molecule is CCNC(=NCc1ccc(OCC)c(F)c1)N(C)CC(=O)N(CC)CC. The van der Waals surface area contributed by atoms with Gasteiger partial charge in [0.2, 0.25) is 5.91 Å². The van der Waals surface area contributed by atoms with Gasteiger partial charge in [0.25, 0.3) is 0 Å². The summed E-state index contributed by atoms with van der Waals surface area (Å²) in [5.41, 5.74) is 0.741. The highest BCUT2D eigenvalue weighted by molar-refractivity contribution is 5.86. The number of benzene rings is 1. The third kappa shape index (κ3) is 6.54. The number of nitrogens with one attached hydrogen (secondary N) is 1. The van der Waals surface area contributed by atoms with Gasteiger partial charge in [-0.3, -0.25) is 4.79 Å². The van der Waals surface area contributed by atoms with Crippen LogP contribution in [-0.2, 0) is 11.3 Å². The Balaban J connectivity index is 2.82. The van der Waals surface area contributed by atoms with Crippen molar-refractivity contribution in [2.24, 2.45) is 4.99 Å². The third-order valence-corrected chi connectivity index (χ3v) is 3.89. The van der Waals surface area contributed by atoms with Crippen molar-refractivity contribution in [3.63, 3.8) is 0 Å². The summed E-state index contributed by atoms with van der Waals surface area (Å²) in [6.45, 7) is 10.7. The second-order valence-electron chi connectivity index (χ2n) is 5.79. The molecule has 0 spiro atoms. The number of ether oxygens (including phenoxy) is 1. The number of carbonyl (C=O) groups excluding carboxylic acids is 1. The Kier molecular flexibility index (Phi) is 9.47. The van der Waals surface area contributed by atoms with Crippen molar-refractivity contribution in [1.29, 1.82) is 0 Å². The minimum atomic E-state index is -0.394. The molecule has 6 nitrogen and oxygen atoms in total. The Labute approximate surface area is 156 Å². The lowest BCUT2D eigenvalue weighted by molar-refractivity contribution is -0.131. The highest BCUT2D eigenvalue weighted by Crippen LogP contribution is 2.18. The molecule has 0 aromatic heterocycles. The van der Waals surface area contributed by atoms with Gasteiger partial charge in [-0.1, -0.05) is 6.07 Å². The molecule has 0 radical (unpaired) electrons. The van der Waals surface area contributed by atoms with Gasteiger partial charge in [0, 0.05) is 26.7 Å². The number of carbonyl (C=O) groups is 1. The maximum atomic E-state index is 14.0. The van der Waals surface area contributed by atoms with E-state index in [9.17, 15) is 9.18 Å². The summed E-state index contributed by atoms with van der Waals surface area (Å²) >= 11 is 0. The molecule has 0 atom stereocenters. The summed E-state index contributed by atoms with van der Waals surface area (Å²) in [5, 5.41) is 3.17. The number of guanidine groups is 1. The summed E-state index contributed by atoms with van der Waals surface area (Å²) in [4.78, 5) is 20.4. The van der Waals surface area contributed by atoms with Gasteiger partial charge in [-0.05, 0) is 45.4 Å². The summed E-state index contributed by atoms with van der Waals surface area (Å²) in [7, 11) is 1.82. The zero-order valence-corrected chi connectivity index (χ0v) is 16.5. The van der Waals surface area contributed by atoms with E-state index in [1.807, 2.05) is 34.7 Å². The van der Waals surface area contributed by atoms with E-state index in [0.29, 0.717) is 38.7 Å². The lowest BCUT2D eigenvalue weighted by atomic mass is 10.2. The van der Waals surface area contributed by atoms with Crippen LogP contribution in [-0.4, -0.2) is 61.5 Å². The van der Waals surface area contributed by atoms with Gasteiger partial charge < -0.3 is 19.9 Å². The fourth-order valence-corrected chi connectivity index (χ4v) is 2.51. The Morgan fingerprint density at radius 2 is 1.92 bits per heavy atom. The molecule has 1 amide bonds. The number of hydrogen-bond acceptors (Lipinski definition) is 3. The Morgan fingerprint density at radius 3 is 2.46 bits per heavy atom. The van der Waals surface area contributed by atoms with Crippen molar-refractivity contribution in [3.05, 3.63) is 29.6 Å². The molecule has 146 valence electrons. The van der Waals surface area contributed by atoms with E-state index in [1.165, 1.54) is 6.07 Å². The van der Waals surface area contributed by atoms with E-state index < -0.39 is 5.82 Å². The van der Waals surface area contributed by atoms with Gasteiger partial charge >= 0.3 is 0 Å². The van der Waals surface area contributed by atoms with E-state index in [-0.39, 0.29) is 18.2 Å². The van der Waals surface area contributed by atoms with Crippen LogP contribution in [0.5, 0.6) is 5.75 Å². The van der Waals surface area contributed by atoms with Crippen LogP contribution in [0.15, 0.2) is 23.2 Å². The maximum absolute atomic E-state index is 14.0. The normalized spacial score (nSPS) is 11.2. The summed E-state index contributed by atoms with van der Waals surface area (Å²) in [5.74, 6) is 0.515. The highest BCUT2D eigenvalue weighted by Gasteiger charge is 2.15. The van der Waals surface area contributed by atoms with E-state index in [4.69, 9.17) is 4.74 Å². The zero-order valence-electron chi connectivity index (χ0n) is 16.5. The minimum Gasteiger partial charge on any atom is -0.491 e. The van der Waals surface area contributed by atoms with Crippen molar-refractivity contribution in [1.82, 2.24) is 15.1 Å². The first-order valence-electron chi connectivity index (χ1n) is 9.15. The number of likely N-dealkylation sites (N-methyl/N-ethyl adjacent to an activating group) is 2. The van der Waals surface area contributed by atoms with Crippen molar-refractivity contribution in [3.8, 4) is 5.75 Å². The standard InChI is InChI=1S/C19H31FN4O2/c1-6-21-19(23(5)14-18(25)24(7-2)8-3)22-13-15-10-11-17(26-9-4)16(20)12-15/h10-12H,6-9,13-14H2,1-5H3,(H,21,22). The number of amides is 1. The molecule has 0 fully saturated rings. The monoisotopic (exact) mass is 366 g/mol. The van der Waals surface area contributed by atoms with Crippen molar-refractivity contribution in [2.45, 2.75) is 34.2 Å². The molecule has 1 rings (SSSR count). The van der Waals surface area contributed by atoms with Crippen LogP contribution in [0.4, 0.5) is 4.39 Å². The molecular weight excluding hydrogens is 335 g/mol. The van der Waals surface area contributed by atoms with Gasteiger partial charge in [-0.2, -0.15) is 0 Å². The summed E-state index contributed by atoms with van der Waals surface area (Å²) in [6.07, 6.45) is 0. The topological polar surface area (TPSA) is 57.2 Å². The van der Waals surface area contributed by atoms with E-state index in [0.717, 1.165) is 5.56 Å². The third-order valence-electron chi connectivity index (χ3n) is 3.89. The largest absolute Gasteiger partial charge is 0.491 e. The molecule has 0 unspecified atom stereocenters. The van der Waals surface area contributed by atoms with Crippen LogP contribution in [0.1, 0.15) is 33.3 Å². The molecule has 0 aliphatic heterocycles. The first kappa shape index (κ1) is 21.7. The molecular formula is C19H31FN4O2. The number of rotatable bonds is 9. The summed E-state index contributed by atoms with van der Waals surface area (Å²) in [6, 6.07) is 4.84. The molecule has 1 aromatic rings. The van der Waals surface area contributed by atoms with Crippen molar-refractivity contribution >= 4 is 11.9 Å². The van der Waals surface area contributed by atoms with Crippen LogP contribution in [0.25, 0.3) is 0 Å². The average molecular weight is 366 g/mol. The van der Waals surface area contributed by atoms with Crippen LogP contribution in [0.3, 0.4) is 0 Å². The van der Waals surface area contributed by atoms with Gasteiger partial charge in [0.15, 0.2) is 17.5 Å². The smallest absolute Gasteiger partial charge is 0.242 e. The Bertz CT molecular complexity index is 603. The van der Waals surface area contributed by atoms with Crippen LogP contribution < -0.4 is 10.1 Å². The van der Waals surface area contributed by atoms with E-state index >= 15 is 0 Å². The van der Waals surface area contributed by atoms with E-state index in [1.54, 1.807) is 21.9 Å². The fraction of sp³-hybridized carbons (Fsp3) is 0.579. The van der Waals surface area contributed by atoms with Gasteiger partial charge in [-0.25, -0.2) is 9.38 Å². The minimum absolute atomic E-state index is 0.0511. The molecule has 0 saturated carbocycles. The molecule has 0 bridgehead atoms. The predicted octanol–water partition coefficient (Wildman–Crippen LogP) is 2.49. The van der Waals surface area contributed by atoms with Crippen LogP contribution in [0.2, 0.25) is 0 Å². The second kappa shape index (κ2) is 11.3. The quantitative estimate of drug-likeness (QED) is 0.539. The molecule has 7 heteroatoms. The molecule has 1 N–H and O–H groups in total. The first-order chi connectivity index (χ1) is 12.5.